The Balaban J connectivity index is 2.40. The standard InChI is InChI=1S/C12H16N2O/c1-13-8-9-7-12(15)14(2)11-6-4-3-5-10(9)11/h3-6,9,13H,7-8H2,1-2H3. The van der Waals surface area contributed by atoms with Crippen molar-refractivity contribution in [2.75, 3.05) is 25.5 Å². The maximum Gasteiger partial charge on any atom is 0.227 e. The Bertz CT molecular complexity index is 376. The fraction of sp³-hybridized carbons (Fsp3) is 0.417. The highest BCUT2D eigenvalue weighted by molar-refractivity contribution is 5.96. The molecular formula is C12H16N2O. The molecule has 1 aromatic rings. The molecule has 0 aliphatic carbocycles. The molecule has 1 aliphatic rings. The molecule has 0 spiro atoms. The summed E-state index contributed by atoms with van der Waals surface area (Å²) in [6.07, 6.45) is 0.606. The van der Waals surface area contributed by atoms with Crippen LogP contribution in [0.4, 0.5) is 5.69 Å². The molecule has 15 heavy (non-hydrogen) atoms. The van der Waals surface area contributed by atoms with E-state index in [0.29, 0.717) is 12.3 Å². The Morgan fingerprint density at radius 2 is 2.20 bits per heavy atom. The van der Waals surface area contributed by atoms with Gasteiger partial charge in [-0.25, -0.2) is 0 Å². The summed E-state index contributed by atoms with van der Waals surface area (Å²) < 4.78 is 0. The first-order chi connectivity index (χ1) is 7.24. The lowest BCUT2D eigenvalue weighted by Gasteiger charge is -2.31. The highest BCUT2D eigenvalue weighted by Gasteiger charge is 2.27. The van der Waals surface area contributed by atoms with E-state index < -0.39 is 0 Å². The zero-order valence-corrected chi connectivity index (χ0v) is 9.16. The minimum Gasteiger partial charge on any atom is -0.319 e. The van der Waals surface area contributed by atoms with Crippen molar-refractivity contribution >= 4 is 11.6 Å². The lowest BCUT2D eigenvalue weighted by atomic mass is 9.89. The van der Waals surface area contributed by atoms with Gasteiger partial charge in [0.25, 0.3) is 0 Å². The smallest absolute Gasteiger partial charge is 0.227 e. The molecule has 1 amide bonds. The van der Waals surface area contributed by atoms with E-state index >= 15 is 0 Å². The zero-order chi connectivity index (χ0) is 10.8. The molecule has 1 aromatic carbocycles. The van der Waals surface area contributed by atoms with Gasteiger partial charge in [-0.15, -0.1) is 0 Å². The molecule has 1 N–H and O–H groups in total. The van der Waals surface area contributed by atoms with Crippen molar-refractivity contribution in [2.24, 2.45) is 0 Å². The van der Waals surface area contributed by atoms with Crippen molar-refractivity contribution in [3.05, 3.63) is 29.8 Å². The summed E-state index contributed by atoms with van der Waals surface area (Å²) in [7, 11) is 3.77. The number of nitrogens with one attached hydrogen (secondary N) is 1. The molecule has 0 bridgehead atoms. The summed E-state index contributed by atoms with van der Waals surface area (Å²) in [5, 5.41) is 3.14. The van der Waals surface area contributed by atoms with E-state index in [-0.39, 0.29) is 5.91 Å². The van der Waals surface area contributed by atoms with Crippen molar-refractivity contribution < 1.29 is 4.79 Å². The van der Waals surface area contributed by atoms with E-state index in [0.717, 1.165) is 12.2 Å². The van der Waals surface area contributed by atoms with Gasteiger partial charge in [-0.2, -0.15) is 0 Å². The molecule has 1 heterocycles. The Labute approximate surface area is 90.1 Å². The number of rotatable bonds is 2. The first kappa shape index (κ1) is 10.2. The average Bonchev–Trinajstić information content (AvgIpc) is 2.26. The molecule has 1 atom stereocenters. The van der Waals surface area contributed by atoms with Crippen molar-refractivity contribution in [3.8, 4) is 0 Å². The lowest BCUT2D eigenvalue weighted by Crippen LogP contribution is -2.35. The Morgan fingerprint density at radius 1 is 1.47 bits per heavy atom. The van der Waals surface area contributed by atoms with Gasteiger partial charge < -0.3 is 10.2 Å². The van der Waals surface area contributed by atoms with Crippen LogP contribution in [0.15, 0.2) is 24.3 Å². The quantitative estimate of drug-likeness (QED) is 0.788. The van der Waals surface area contributed by atoms with Crippen LogP contribution in [0.5, 0.6) is 0 Å². The third-order valence-corrected chi connectivity index (χ3v) is 2.98. The van der Waals surface area contributed by atoms with Gasteiger partial charge in [0.05, 0.1) is 0 Å². The number of likely N-dealkylation sites (N-methyl/N-ethyl adjacent to an activating group) is 1. The van der Waals surface area contributed by atoms with Crippen molar-refractivity contribution in [3.63, 3.8) is 0 Å². The van der Waals surface area contributed by atoms with Crippen LogP contribution in [0, 0.1) is 0 Å². The normalized spacial score (nSPS) is 20.3. The third kappa shape index (κ3) is 1.75. The molecule has 1 unspecified atom stereocenters. The van der Waals surface area contributed by atoms with Crippen molar-refractivity contribution in [1.82, 2.24) is 5.32 Å². The second-order valence-corrected chi connectivity index (χ2v) is 3.97. The largest absolute Gasteiger partial charge is 0.319 e. The predicted molar refractivity (Wildman–Crippen MR) is 61.1 cm³/mol. The number of amides is 1. The molecule has 0 fully saturated rings. The van der Waals surface area contributed by atoms with Crippen molar-refractivity contribution in [1.29, 1.82) is 0 Å². The summed E-state index contributed by atoms with van der Waals surface area (Å²) in [6, 6.07) is 8.13. The molecule has 1 aliphatic heterocycles. The molecular weight excluding hydrogens is 188 g/mol. The second-order valence-electron chi connectivity index (χ2n) is 3.97. The molecule has 0 radical (unpaired) electrons. The summed E-state index contributed by atoms with van der Waals surface area (Å²) in [5.41, 5.74) is 2.32. The lowest BCUT2D eigenvalue weighted by molar-refractivity contribution is -0.119. The fourth-order valence-corrected chi connectivity index (χ4v) is 2.16. The van der Waals surface area contributed by atoms with Crippen LogP contribution in [0.2, 0.25) is 0 Å². The van der Waals surface area contributed by atoms with E-state index in [1.807, 2.05) is 32.3 Å². The minimum atomic E-state index is 0.203. The van der Waals surface area contributed by atoms with E-state index in [1.165, 1.54) is 5.56 Å². The Morgan fingerprint density at radius 3 is 2.93 bits per heavy atom. The first-order valence-corrected chi connectivity index (χ1v) is 5.24. The first-order valence-electron chi connectivity index (χ1n) is 5.24. The topological polar surface area (TPSA) is 32.3 Å². The monoisotopic (exact) mass is 204 g/mol. The highest BCUT2D eigenvalue weighted by atomic mass is 16.2. The molecule has 80 valence electrons. The van der Waals surface area contributed by atoms with Crippen LogP contribution >= 0.6 is 0 Å². The number of carbonyl (C=O) groups excluding carboxylic acids is 1. The van der Waals surface area contributed by atoms with Gasteiger partial charge in [-0.05, 0) is 18.7 Å². The number of nitrogens with zero attached hydrogens (tertiary/aromatic N) is 1. The molecule has 3 nitrogen and oxygen atoms in total. The fourth-order valence-electron chi connectivity index (χ4n) is 2.16. The molecule has 3 heteroatoms. The van der Waals surface area contributed by atoms with Crippen LogP contribution < -0.4 is 10.2 Å². The highest BCUT2D eigenvalue weighted by Crippen LogP contribution is 2.34. The van der Waals surface area contributed by atoms with E-state index in [1.54, 1.807) is 4.90 Å². The van der Waals surface area contributed by atoms with Gasteiger partial charge in [-0.3, -0.25) is 4.79 Å². The van der Waals surface area contributed by atoms with Crippen LogP contribution in [0.3, 0.4) is 0 Å². The van der Waals surface area contributed by atoms with Crippen LogP contribution in [-0.2, 0) is 4.79 Å². The third-order valence-electron chi connectivity index (χ3n) is 2.98. The van der Waals surface area contributed by atoms with Crippen molar-refractivity contribution in [2.45, 2.75) is 12.3 Å². The number of para-hydroxylation sites is 1. The molecule has 0 saturated heterocycles. The molecule has 0 saturated carbocycles. The van der Waals surface area contributed by atoms with Crippen LogP contribution in [0.25, 0.3) is 0 Å². The zero-order valence-electron chi connectivity index (χ0n) is 9.16. The molecule has 0 aromatic heterocycles. The predicted octanol–water partition coefficient (Wildman–Crippen LogP) is 1.36. The minimum absolute atomic E-state index is 0.203. The number of hydrogen-bond acceptors (Lipinski definition) is 2. The average molecular weight is 204 g/mol. The van der Waals surface area contributed by atoms with Gasteiger partial charge in [0.2, 0.25) is 5.91 Å². The van der Waals surface area contributed by atoms with E-state index in [9.17, 15) is 4.79 Å². The van der Waals surface area contributed by atoms with E-state index in [4.69, 9.17) is 0 Å². The van der Waals surface area contributed by atoms with Crippen LogP contribution in [0.1, 0.15) is 17.9 Å². The second kappa shape index (κ2) is 4.03. The Hall–Kier alpha value is -1.35. The maximum atomic E-state index is 11.7. The SMILES string of the molecule is CNCC1CC(=O)N(C)c2ccccc21. The number of fused-ring (bicyclic) bond motifs is 1. The van der Waals surface area contributed by atoms with Gasteiger partial charge in [0, 0.05) is 31.6 Å². The summed E-state index contributed by atoms with van der Waals surface area (Å²) in [5.74, 6) is 0.517. The number of benzene rings is 1. The number of carbonyl (C=O) groups is 1. The maximum absolute atomic E-state index is 11.7. The Kier molecular flexibility index (Phi) is 2.73. The van der Waals surface area contributed by atoms with Gasteiger partial charge in [0.15, 0.2) is 0 Å². The summed E-state index contributed by atoms with van der Waals surface area (Å²) in [6.45, 7) is 0.858. The number of anilines is 1. The van der Waals surface area contributed by atoms with Crippen LogP contribution in [-0.4, -0.2) is 26.5 Å². The number of hydrogen-bond donors (Lipinski definition) is 1. The van der Waals surface area contributed by atoms with E-state index in [2.05, 4.69) is 11.4 Å². The van der Waals surface area contributed by atoms with Gasteiger partial charge in [0.1, 0.15) is 0 Å². The van der Waals surface area contributed by atoms with Gasteiger partial charge >= 0.3 is 0 Å². The summed E-state index contributed by atoms with van der Waals surface area (Å²) in [4.78, 5) is 13.5. The van der Waals surface area contributed by atoms with Gasteiger partial charge in [-0.1, -0.05) is 18.2 Å². The summed E-state index contributed by atoms with van der Waals surface area (Å²) >= 11 is 0. The molecule has 2 rings (SSSR count).